The summed E-state index contributed by atoms with van der Waals surface area (Å²) in [7, 11) is 3.33. The fourth-order valence-corrected chi connectivity index (χ4v) is 4.25. The number of nitrogens with zero attached hydrogens (tertiary/aromatic N) is 1. The number of hydroxylamine groups is 2. The smallest absolute Gasteiger partial charge is 0.187 e. The quantitative estimate of drug-likeness (QED) is 0.484. The van der Waals surface area contributed by atoms with E-state index in [2.05, 4.69) is 56.7 Å². The van der Waals surface area contributed by atoms with Crippen LogP contribution in [0.3, 0.4) is 0 Å². The Bertz CT molecular complexity index is 543. The maximum atomic E-state index is 6.50. The summed E-state index contributed by atoms with van der Waals surface area (Å²) >= 11 is 0. The minimum Gasteiger partial charge on any atom is -0.353 e. The van der Waals surface area contributed by atoms with Gasteiger partial charge in [-0.2, -0.15) is 5.06 Å². The number of rotatable bonds is 9. The van der Waals surface area contributed by atoms with Gasteiger partial charge in [0.2, 0.25) is 0 Å². The monoisotopic (exact) mass is 347 g/mol. The largest absolute Gasteiger partial charge is 0.353 e. The zero-order valence-corrected chi connectivity index (χ0v) is 16.3. The maximum absolute atomic E-state index is 6.50. The topological polar surface area (TPSA) is 30.9 Å². The van der Waals surface area contributed by atoms with E-state index in [9.17, 15) is 0 Å². The van der Waals surface area contributed by atoms with E-state index >= 15 is 0 Å². The molecule has 140 valence electrons. The van der Waals surface area contributed by atoms with Gasteiger partial charge in [0.15, 0.2) is 6.29 Å². The molecule has 1 aliphatic rings. The van der Waals surface area contributed by atoms with Crippen molar-refractivity contribution in [1.82, 2.24) is 5.06 Å². The number of hydrogen-bond acceptors (Lipinski definition) is 4. The standard InChI is InChI=1S/C21H33NO3/c1-7-13-21(14-17(2)3)16-20(4,19(23-5)24-6)25-22(21)15-18-11-9-8-10-12-18/h7-12,17,19H,1,13-16H2,2-6H3/t20-,21-/m1/s1. The third-order valence-electron chi connectivity index (χ3n) is 4.94. The molecule has 0 radical (unpaired) electrons. The van der Waals surface area contributed by atoms with Crippen LogP contribution in [0.15, 0.2) is 43.0 Å². The Morgan fingerprint density at radius 1 is 1.24 bits per heavy atom. The van der Waals surface area contributed by atoms with E-state index in [0.717, 1.165) is 25.8 Å². The van der Waals surface area contributed by atoms with Crippen LogP contribution in [0.4, 0.5) is 0 Å². The lowest BCUT2D eigenvalue weighted by Crippen LogP contribution is -2.43. The molecule has 4 nitrogen and oxygen atoms in total. The average molecular weight is 347 g/mol. The highest BCUT2D eigenvalue weighted by Gasteiger charge is 2.56. The van der Waals surface area contributed by atoms with Crippen LogP contribution in [0.2, 0.25) is 0 Å². The summed E-state index contributed by atoms with van der Waals surface area (Å²) < 4.78 is 11.1. The third-order valence-corrected chi connectivity index (χ3v) is 4.94. The lowest BCUT2D eigenvalue weighted by atomic mass is 9.78. The highest BCUT2D eigenvalue weighted by Crippen LogP contribution is 2.47. The fraction of sp³-hybridized carbons (Fsp3) is 0.619. The van der Waals surface area contributed by atoms with Crippen LogP contribution in [0, 0.1) is 5.92 Å². The molecule has 1 aromatic rings. The Morgan fingerprint density at radius 3 is 2.40 bits per heavy atom. The van der Waals surface area contributed by atoms with Crippen molar-refractivity contribution in [3.8, 4) is 0 Å². The summed E-state index contributed by atoms with van der Waals surface area (Å²) in [5.41, 5.74) is 0.585. The maximum Gasteiger partial charge on any atom is 0.187 e. The van der Waals surface area contributed by atoms with Gasteiger partial charge in [-0.05, 0) is 31.2 Å². The van der Waals surface area contributed by atoms with E-state index in [1.54, 1.807) is 14.2 Å². The third kappa shape index (κ3) is 4.50. The predicted octanol–water partition coefficient (Wildman–Crippen LogP) is 4.56. The van der Waals surface area contributed by atoms with Crippen molar-refractivity contribution >= 4 is 0 Å². The second kappa shape index (κ2) is 8.45. The molecule has 2 atom stereocenters. The van der Waals surface area contributed by atoms with Gasteiger partial charge in [0.05, 0.1) is 5.54 Å². The van der Waals surface area contributed by atoms with E-state index in [4.69, 9.17) is 14.3 Å². The Morgan fingerprint density at radius 2 is 1.88 bits per heavy atom. The second-order valence-corrected chi connectivity index (χ2v) is 7.72. The number of methoxy groups -OCH3 is 2. The molecule has 4 heteroatoms. The van der Waals surface area contributed by atoms with Gasteiger partial charge < -0.3 is 9.47 Å². The molecule has 1 aliphatic heterocycles. The Hall–Kier alpha value is -1.20. The molecule has 2 rings (SSSR count). The molecule has 1 heterocycles. The van der Waals surface area contributed by atoms with E-state index in [1.807, 2.05) is 12.1 Å². The Kier molecular flexibility index (Phi) is 6.80. The van der Waals surface area contributed by atoms with Crippen LogP contribution in [0.5, 0.6) is 0 Å². The van der Waals surface area contributed by atoms with Crippen LogP contribution >= 0.6 is 0 Å². The minimum absolute atomic E-state index is 0.115. The summed E-state index contributed by atoms with van der Waals surface area (Å²) in [6.07, 6.45) is 4.33. The lowest BCUT2D eigenvalue weighted by molar-refractivity contribution is -0.291. The van der Waals surface area contributed by atoms with Crippen molar-refractivity contribution in [2.45, 2.75) is 64.0 Å². The van der Waals surface area contributed by atoms with Gasteiger partial charge in [-0.1, -0.05) is 50.3 Å². The molecular formula is C21H33NO3. The predicted molar refractivity (Wildman–Crippen MR) is 101 cm³/mol. The summed E-state index contributed by atoms with van der Waals surface area (Å²) in [4.78, 5) is 6.50. The lowest BCUT2D eigenvalue weighted by Gasteiger charge is -2.37. The van der Waals surface area contributed by atoms with Gasteiger partial charge >= 0.3 is 0 Å². The van der Waals surface area contributed by atoms with Crippen molar-refractivity contribution in [2.24, 2.45) is 5.92 Å². The zero-order chi connectivity index (χ0) is 18.5. The molecule has 0 amide bonds. The van der Waals surface area contributed by atoms with Gasteiger partial charge in [-0.3, -0.25) is 4.84 Å². The van der Waals surface area contributed by atoms with Crippen LogP contribution in [0.25, 0.3) is 0 Å². The molecule has 0 aliphatic carbocycles. The van der Waals surface area contributed by atoms with Crippen LogP contribution in [-0.2, 0) is 20.9 Å². The van der Waals surface area contributed by atoms with Crippen molar-refractivity contribution in [3.05, 3.63) is 48.6 Å². The highest BCUT2D eigenvalue weighted by atomic mass is 16.8. The fourth-order valence-electron chi connectivity index (χ4n) is 4.25. The highest BCUT2D eigenvalue weighted by molar-refractivity contribution is 5.16. The second-order valence-electron chi connectivity index (χ2n) is 7.72. The molecule has 0 bridgehead atoms. The molecule has 1 saturated heterocycles. The Balaban J connectivity index is 2.37. The molecule has 25 heavy (non-hydrogen) atoms. The van der Waals surface area contributed by atoms with E-state index < -0.39 is 11.9 Å². The molecule has 0 saturated carbocycles. The van der Waals surface area contributed by atoms with Crippen molar-refractivity contribution < 1.29 is 14.3 Å². The van der Waals surface area contributed by atoms with Crippen LogP contribution in [0.1, 0.15) is 45.6 Å². The SMILES string of the molecule is C=CC[C@@]1(CC(C)C)C[C@](C)(C(OC)OC)ON1Cc1ccccc1. The van der Waals surface area contributed by atoms with Gasteiger partial charge in [0.1, 0.15) is 5.60 Å². The summed E-state index contributed by atoms with van der Waals surface area (Å²) in [6, 6.07) is 10.4. The van der Waals surface area contributed by atoms with Gasteiger partial charge in [0, 0.05) is 27.2 Å². The minimum atomic E-state index is -0.532. The summed E-state index contributed by atoms with van der Waals surface area (Å²) in [5, 5.41) is 2.15. The molecule has 0 spiro atoms. The summed E-state index contributed by atoms with van der Waals surface area (Å²) in [5.74, 6) is 0.549. The number of ether oxygens (including phenoxy) is 2. The molecule has 1 aromatic carbocycles. The first kappa shape index (κ1) is 20.1. The van der Waals surface area contributed by atoms with E-state index in [0.29, 0.717) is 5.92 Å². The normalized spacial score (nSPS) is 27.3. The number of benzene rings is 1. The molecule has 0 aromatic heterocycles. The van der Waals surface area contributed by atoms with E-state index in [-0.39, 0.29) is 5.54 Å². The molecule has 1 fully saturated rings. The van der Waals surface area contributed by atoms with E-state index in [1.165, 1.54) is 5.56 Å². The van der Waals surface area contributed by atoms with Gasteiger partial charge in [-0.25, -0.2) is 0 Å². The Labute approximate surface area is 152 Å². The van der Waals surface area contributed by atoms with Crippen LogP contribution in [-0.4, -0.2) is 36.7 Å². The molecular weight excluding hydrogens is 314 g/mol. The number of hydrogen-bond donors (Lipinski definition) is 0. The first-order valence-corrected chi connectivity index (χ1v) is 9.06. The van der Waals surface area contributed by atoms with Gasteiger partial charge in [0.25, 0.3) is 0 Å². The van der Waals surface area contributed by atoms with Crippen LogP contribution < -0.4 is 0 Å². The van der Waals surface area contributed by atoms with Gasteiger partial charge in [-0.15, -0.1) is 6.58 Å². The first-order valence-electron chi connectivity index (χ1n) is 9.06. The zero-order valence-electron chi connectivity index (χ0n) is 16.3. The first-order chi connectivity index (χ1) is 11.9. The van der Waals surface area contributed by atoms with Crippen molar-refractivity contribution in [3.63, 3.8) is 0 Å². The average Bonchev–Trinajstić information content (AvgIpc) is 2.81. The molecule has 0 unspecified atom stereocenters. The summed E-state index contributed by atoms with van der Waals surface area (Å²) in [6.45, 7) is 11.3. The van der Waals surface area contributed by atoms with Crippen molar-refractivity contribution in [2.75, 3.05) is 14.2 Å². The van der Waals surface area contributed by atoms with Crippen molar-refractivity contribution in [1.29, 1.82) is 0 Å². The molecule has 0 N–H and O–H groups in total.